The molecule has 2 aliphatic rings. The maximum atomic E-state index is 11.5. The second-order valence-corrected chi connectivity index (χ2v) is 6.32. The number of allylic oxidation sites excluding steroid dienone is 1. The molecule has 0 radical (unpaired) electrons. The maximum absolute atomic E-state index is 11.5. The highest BCUT2D eigenvalue weighted by Crippen LogP contribution is 2.30. The molecule has 0 spiro atoms. The monoisotopic (exact) mass is 320 g/mol. The molecule has 0 fully saturated rings. The van der Waals surface area contributed by atoms with Crippen LogP contribution in [0.3, 0.4) is 0 Å². The fraction of sp³-hybridized carbons (Fsp3) is 0.286. The average Bonchev–Trinajstić information content (AvgIpc) is 2.46. The van der Waals surface area contributed by atoms with Gasteiger partial charge in [-0.1, -0.05) is 12.1 Å². The van der Waals surface area contributed by atoms with E-state index in [-0.39, 0.29) is 11.9 Å². The Bertz CT molecular complexity index is 768. The highest BCUT2D eigenvalue weighted by Gasteiger charge is 2.24. The Balaban J connectivity index is 1.73. The molecule has 0 saturated carbocycles. The van der Waals surface area contributed by atoms with Gasteiger partial charge in [-0.05, 0) is 24.6 Å². The molecule has 0 amide bonds. The Hall–Kier alpha value is -2.35. The molecule has 2 heterocycles. The molecular formula is C14H16N4O3S. The van der Waals surface area contributed by atoms with Gasteiger partial charge < -0.3 is 10.5 Å². The van der Waals surface area contributed by atoms with Crippen LogP contribution in [0.15, 0.2) is 39.7 Å². The summed E-state index contributed by atoms with van der Waals surface area (Å²) in [7, 11) is -3.77. The molecular weight excluding hydrogens is 304 g/mol. The summed E-state index contributed by atoms with van der Waals surface area (Å²) >= 11 is 0. The highest BCUT2D eigenvalue weighted by molar-refractivity contribution is 7.91. The lowest BCUT2D eigenvalue weighted by molar-refractivity contribution is 0.298. The van der Waals surface area contributed by atoms with Crippen molar-refractivity contribution in [3.05, 3.63) is 35.9 Å². The van der Waals surface area contributed by atoms with Crippen molar-refractivity contribution >= 4 is 27.9 Å². The Morgan fingerprint density at radius 3 is 3.05 bits per heavy atom. The first-order chi connectivity index (χ1) is 10.6. The van der Waals surface area contributed by atoms with Gasteiger partial charge in [-0.15, -0.1) is 4.40 Å². The SMILES string of the molecule is NC1=NS(=O)(=O)Nc2cccc(OCCC3CC=CC=N3)c21. The van der Waals surface area contributed by atoms with Gasteiger partial charge in [0, 0.05) is 12.6 Å². The van der Waals surface area contributed by atoms with Crippen LogP contribution in [0.4, 0.5) is 5.69 Å². The first-order valence-corrected chi connectivity index (χ1v) is 8.32. The van der Waals surface area contributed by atoms with Crippen LogP contribution in [0, 0.1) is 0 Å². The van der Waals surface area contributed by atoms with Crippen molar-refractivity contribution in [1.29, 1.82) is 0 Å². The minimum atomic E-state index is -3.77. The Labute approximate surface area is 128 Å². The Morgan fingerprint density at radius 1 is 1.41 bits per heavy atom. The number of fused-ring (bicyclic) bond motifs is 1. The number of hydrogen-bond donors (Lipinski definition) is 2. The summed E-state index contributed by atoms with van der Waals surface area (Å²) in [4.78, 5) is 4.35. The third-order valence-electron chi connectivity index (χ3n) is 3.38. The highest BCUT2D eigenvalue weighted by atomic mass is 32.2. The van der Waals surface area contributed by atoms with Crippen LogP contribution in [0.2, 0.25) is 0 Å². The van der Waals surface area contributed by atoms with E-state index in [1.807, 2.05) is 6.08 Å². The fourth-order valence-electron chi connectivity index (χ4n) is 2.36. The summed E-state index contributed by atoms with van der Waals surface area (Å²) in [6, 6.07) is 5.29. The molecule has 0 aliphatic carbocycles. The van der Waals surface area contributed by atoms with E-state index in [1.165, 1.54) is 0 Å². The summed E-state index contributed by atoms with van der Waals surface area (Å²) in [6.45, 7) is 0.465. The summed E-state index contributed by atoms with van der Waals surface area (Å²) in [6.07, 6.45) is 7.46. The van der Waals surface area contributed by atoms with Gasteiger partial charge in [0.2, 0.25) is 0 Å². The van der Waals surface area contributed by atoms with Crippen LogP contribution >= 0.6 is 0 Å². The van der Waals surface area contributed by atoms with E-state index in [1.54, 1.807) is 24.4 Å². The van der Waals surface area contributed by atoms with E-state index in [0.29, 0.717) is 23.6 Å². The quantitative estimate of drug-likeness (QED) is 0.870. The lowest BCUT2D eigenvalue weighted by Gasteiger charge is -2.19. The van der Waals surface area contributed by atoms with Gasteiger partial charge in [0.15, 0.2) is 5.84 Å². The van der Waals surface area contributed by atoms with Crippen LogP contribution < -0.4 is 15.2 Å². The van der Waals surface area contributed by atoms with E-state index in [0.717, 1.165) is 12.8 Å². The van der Waals surface area contributed by atoms with Crippen molar-refractivity contribution < 1.29 is 13.2 Å². The molecule has 3 rings (SSSR count). The number of benzene rings is 1. The van der Waals surface area contributed by atoms with E-state index in [9.17, 15) is 8.42 Å². The van der Waals surface area contributed by atoms with Crippen molar-refractivity contribution in [3.63, 3.8) is 0 Å². The number of nitrogens with zero attached hydrogens (tertiary/aromatic N) is 2. The first-order valence-electron chi connectivity index (χ1n) is 6.88. The molecule has 1 unspecified atom stereocenters. The molecule has 3 N–H and O–H groups in total. The topological polar surface area (TPSA) is 106 Å². The van der Waals surface area contributed by atoms with Gasteiger partial charge >= 0.3 is 10.2 Å². The summed E-state index contributed by atoms with van der Waals surface area (Å²) < 4.78 is 34.6. The predicted molar refractivity (Wildman–Crippen MR) is 85.9 cm³/mol. The zero-order valence-electron chi connectivity index (χ0n) is 11.8. The van der Waals surface area contributed by atoms with Crippen LogP contribution in [0.1, 0.15) is 18.4 Å². The number of amidine groups is 1. The van der Waals surface area contributed by atoms with Gasteiger partial charge in [0.1, 0.15) is 5.75 Å². The molecule has 8 heteroatoms. The fourth-order valence-corrected chi connectivity index (χ4v) is 3.21. The van der Waals surface area contributed by atoms with Gasteiger partial charge in [0.25, 0.3) is 0 Å². The summed E-state index contributed by atoms with van der Waals surface area (Å²) in [5, 5.41) is 0. The molecule has 0 aromatic heterocycles. The van der Waals surface area contributed by atoms with Crippen molar-refractivity contribution in [1.82, 2.24) is 0 Å². The number of nitrogens with one attached hydrogen (secondary N) is 1. The second-order valence-electron chi connectivity index (χ2n) is 4.99. The number of nitrogens with two attached hydrogens (primary N) is 1. The summed E-state index contributed by atoms with van der Waals surface area (Å²) in [5.74, 6) is 0.444. The van der Waals surface area contributed by atoms with Crippen molar-refractivity contribution in [3.8, 4) is 5.75 Å². The van der Waals surface area contributed by atoms with Crippen LogP contribution in [-0.4, -0.2) is 33.1 Å². The van der Waals surface area contributed by atoms with E-state index in [2.05, 4.69) is 20.2 Å². The Morgan fingerprint density at radius 2 is 2.27 bits per heavy atom. The Kier molecular flexibility index (Phi) is 3.84. The number of hydrogen-bond acceptors (Lipinski definition) is 5. The first kappa shape index (κ1) is 14.6. The lowest BCUT2D eigenvalue weighted by Crippen LogP contribution is -2.27. The standard InChI is InChI=1S/C14H16N4O3S/c15-14-13-11(17-22(19,20)18-14)5-3-6-12(13)21-9-7-10-4-1-2-8-16-10/h1-3,5-6,8,10,17H,4,7,9H2,(H2,15,18). The zero-order chi connectivity index (χ0) is 15.6. The van der Waals surface area contributed by atoms with Crippen molar-refractivity contribution in [2.24, 2.45) is 15.1 Å². The van der Waals surface area contributed by atoms with Gasteiger partial charge in [-0.2, -0.15) is 8.42 Å². The van der Waals surface area contributed by atoms with E-state index in [4.69, 9.17) is 10.5 Å². The molecule has 0 saturated heterocycles. The predicted octanol–water partition coefficient (Wildman–Crippen LogP) is 1.23. The molecule has 2 aliphatic heterocycles. The molecule has 116 valence electrons. The van der Waals surface area contributed by atoms with Gasteiger partial charge in [-0.25, -0.2) is 0 Å². The number of ether oxygens (including phenoxy) is 1. The number of anilines is 1. The number of rotatable bonds is 4. The molecule has 7 nitrogen and oxygen atoms in total. The maximum Gasteiger partial charge on any atom is 0.344 e. The number of dihydropyridines is 1. The smallest absolute Gasteiger partial charge is 0.344 e. The van der Waals surface area contributed by atoms with Crippen LogP contribution in [0.5, 0.6) is 5.75 Å². The number of aliphatic imine (C=N–C) groups is 1. The molecule has 22 heavy (non-hydrogen) atoms. The third kappa shape index (κ3) is 3.11. The van der Waals surface area contributed by atoms with Gasteiger partial charge in [-0.3, -0.25) is 9.71 Å². The largest absolute Gasteiger partial charge is 0.493 e. The van der Waals surface area contributed by atoms with Crippen molar-refractivity contribution in [2.75, 3.05) is 11.3 Å². The van der Waals surface area contributed by atoms with Crippen LogP contribution in [0.25, 0.3) is 0 Å². The average molecular weight is 320 g/mol. The second kappa shape index (κ2) is 5.80. The zero-order valence-corrected chi connectivity index (χ0v) is 12.6. The normalized spacial score (nSPS) is 21.6. The van der Waals surface area contributed by atoms with Gasteiger partial charge in [0.05, 0.1) is 23.9 Å². The molecule has 0 bridgehead atoms. The molecule has 1 atom stereocenters. The van der Waals surface area contributed by atoms with E-state index >= 15 is 0 Å². The lowest BCUT2D eigenvalue weighted by atomic mass is 10.1. The summed E-state index contributed by atoms with van der Waals surface area (Å²) in [5.41, 5.74) is 6.61. The minimum absolute atomic E-state index is 0.0667. The molecule has 1 aromatic carbocycles. The third-order valence-corrected chi connectivity index (χ3v) is 4.29. The minimum Gasteiger partial charge on any atom is -0.493 e. The molecule has 1 aromatic rings. The van der Waals surface area contributed by atoms with Crippen LogP contribution in [-0.2, 0) is 10.2 Å². The van der Waals surface area contributed by atoms with Crippen molar-refractivity contribution in [2.45, 2.75) is 18.9 Å². The van der Waals surface area contributed by atoms with E-state index < -0.39 is 10.2 Å².